The Morgan fingerprint density at radius 2 is 2.00 bits per heavy atom. The molecule has 0 bridgehead atoms. The normalized spacial score (nSPS) is 10.3. The lowest BCUT2D eigenvalue weighted by atomic mass is 10.1. The molecule has 3 N–H and O–H groups in total. The molecule has 1 amide bonds. The minimum Gasteiger partial charge on any atom is -0.399 e. The zero-order valence-corrected chi connectivity index (χ0v) is 12.5. The van der Waals surface area contributed by atoms with Gasteiger partial charge >= 0.3 is 0 Å². The van der Waals surface area contributed by atoms with E-state index in [9.17, 15) is 4.79 Å². The van der Waals surface area contributed by atoms with E-state index in [1.807, 2.05) is 19.1 Å². The second-order valence-corrected chi connectivity index (χ2v) is 5.44. The topological polar surface area (TPSA) is 55.1 Å². The van der Waals surface area contributed by atoms with E-state index in [0.29, 0.717) is 26.4 Å². The number of nitrogens with one attached hydrogen (secondary N) is 1. The van der Waals surface area contributed by atoms with Crippen LogP contribution in [0.1, 0.15) is 15.9 Å². The molecule has 98 valence electrons. The molecular formula is C14H12BrClN2O. The van der Waals surface area contributed by atoms with Crippen LogP contribution in [0.3, 0.4) is 0 Å². The number of carbonyl (C=O) groups is 1. The van der Waals surface area contributed by atoms with E-state index in [1.54, 1.807) is 24.3 Å². The third-order valence-corrected chi connectivity index (χ3v) is 3.63. The molecule has 0 aromatic heterocycles. The zero-order chi connectivity index (χ0) is 14.0. The van der Waals surface area contributed by atoms with Gasteiger partial charge in [0.15, 0.2) is 0 Å². The fraction of sp³-hybridized carbons (Fsp3) is 0.0714. The summed E-state index contributed by atoms with van der Waals surface area (Å²) in [7, 11) is 0. The molecule has 19 heavy (non-hydrogen) atoms. The van der Waals surface area contributed by atoms with Crippen LogP contribution in [0.5, 0.6) is 0 Å². The summed E-state index contributed by atoms with van der Waals surface area (Å²) >= 11 is 9.38. The number of aryl methyl sites for hydroxylation is 1. The van der Waals surface area contributed by atoms with Crippen molar-refractivity contribution in [1.82, 2.24) is 0 Å². The maximum atomic E-state index is 12.2. The quantitative estimate of drug-likeness (QED) is 0.804. The summed E-state index contributed by atoms with van der Waals surface area (Å²) in [6, 6.07) is 10.5. The molecule has 0 spiro atoms. The Bertz CT molecular complexity index is 643. The van der Waals surface area contributed by atoms with Crippen LogP contribution in [0.2, 0.25) is 5.02 Å². The molecule has 0 atom stereocenters. The first kappa shape index (κ1) is 13.9. The summed E-state index contributed by atoms with van der Waals surface area (Å²) in [5, 5.41) is 3.28. The van der Waals surface area contributed by atoms with Gasteiger partial charge in [-0.2, -0.15) is 0 Å². The highest BCUT2D eigenvalue weighted by Crippen LogP contribution is 2.25. The zero-order valence-electron chi connectivity index (χ0n) is 10.2. The molecule has 2 aromatic carbocycles. The van der Waals surface area contributed by atoms with Gasteiger partial charge in [-0.25, -0.2) is 0 Å². The number of rotatable bonds is 2. The molecule has 3 nitrogen and oxygen atoms in total. The lowest BCUT2D eigenvalue weighted by Crippen LogP contribution is -2.13. The van der Waals surface area contributed by atoms with Gasteiger partial charge < -0.3 is 11.1 Å². The highest BCUT2D eigenvalue weighted by atomic mass is 79.9. The van der Waals surface area contributed by atoms with Crippen LogP contribution in [0, 0.1) is 6.92 Å². The van der Waals surface area contributed by atoms with Crippen molar-refractivity contribution in [3.8, 4) is 0 Å². The van der Waals surface area contributed by atoms with E-state index in [1.165, 1.54) is 0 Å². The van der Waals surface area contributed by atoms with Crippen molar-refractivity contribution < 1.29 is 4.79 Å². The number of carbonyl (C=O) groups excluding carboxylic acids is 1. The second kappa shape index (κ2) is 5.63. The summed E-state index contributed by atoms with van der Waals surface area (Å²) < 4.78 is 0.683. The minimum atomic E-state index is -0.258. The number of hydrogen-bond donors (Lipinski definition) is 2. The van der Waals surface area contributed by atoms with E-state index in [0.717, 1.165) is 5.56 Å². The van der Waals surface area contributed by atoms with Gasteiger partial charge in [-0.3, -0.25) is 4.79 Å². The lowest BCUT2D eigenvalue weighted by molar-refractivity contribution is 0.102. The van der Waals surface area contributed by atoms with E-state index < -0.39 is 0 Å². The van der Waals surface area contributed by atoms with Crippen molar-refractivity contribution in [3.63, 3.8) is 0 Å². The first-order chi connectivity index (χ1) is 8.97. The first-order valence-electron chi connectivity index (χ1n) is 5.60. The molecule has 0 saturated heterocycles. The Balaban J connectivity index is 2.30. The molecule has 0 aliphatic carbocycles. The summed E-state index contributed by atoms with van der Waals surface area (Å²) in [4.78, 5) is 12.2. The van der Waals surface area contributed by atoms with Crippen molar-refractivity contribution in [2.75, 3.05) is 11.1 Å². The summed E-state index contributed by atoms with van der Waals surface area (Å²) in [6.45, 7) is 1.93. The minimum absolute atomic E-state index is 0.258. The molecule has 2 rings (SSSR count). The largest absolute Gasteiger partial charge is 0.399 e. The standard InChI is InChI=1S/C14H12BrClN2O/c1-8-2-5-12(16)13(6-8)18-14(19)10-7-9(17)3-4-11(10)15/h2-7H,17H2,1H3,(H,18,19). The average molecular weight is 340 g/mol. The van der Waals surface area contributed by atoms with Crippen molar-refractivity contribution in [2.24, 2.45) is 0 Å². The highest BCUT2D eigenvalue weighted by molar-refractivity contribution is 9.10. The number of benzene rings is 2. The number of amides is 1. The van der Waals surface area contributed by atoms with Crippen molar-refractivity contribution >= 4 is 44.8 Å². The third kappa shape index (κ3) is 3.28. The average Bonchev–Trinajstić information content (AvgIpc) is 2.36. The predicted octanol–water partition coefficient (Wildman–Crippen LogP) is 4.25. The SMILES string of the molecule is Cc1ccc(Cl)c(NC(=O)c2cc(N)ccc2Br)c1. The van der Waals surface area contributed by atoms with Gasteiger partial charge in [0, 0.05) is 10.2 Å². The van der Waals surface area contributed by atoms with Crippen LogP contribution in [0.15, 0.2) is 40.9 Å². The monoisotopic (exact) mass is 338 g/mol. The van der Waals surface area contributed by atoms with E-state index in [4.69, 9.17) is 17.3 Å². The molecule has 5 heteroatoms. The Morgan fingerprint density at radius 1 is 1.26 bits per heavy atom. The fourth-order valence-corrected chi connectivity index (χ4v) is 2.23. The number of hydrogen-bond acceptors (Lipinski definition) is 2. The highest BCUT2D eigenvalue weighted by Gasteiger charge is 2.12. The molecule has 2 aromatic rings. The number of anilines is 2. The molecule has 0 aliphatic rings. The maximum absolute atomic E-state index is 12.2. The second-order valence-electron chi connectivity index (χ2n) is 4.18. The van der Waals surface area contributed by atoms with E-state index >= 15 is 0 Å². The number of nitrogens with two attached hydrogens (primary N) is 1. The molecule has 0 heterocycles. The van der Waals surface area contributed by atoms with E-state index in [2.05, 4.69) is 21.2 Å². The first-order valence-corrected chi connectivity index (χ1v) is 6.77. The van der Waals surface area contributed by atoms with Crippen molar-refractivity contribution in [2.45, 2.75) is 6.92 Å². The Hall–Kier alpha value is -1.52. The molecule has 0 radical (unpaired) electrons. The molecular weight excluding hydrogens is 328 g/mol. The molecule has 0 unspecified atom stereocenters. The van der Waals surface area contributed by atoms with Gasteiger partial charge in [0.05, 0.1) is 16.3 Å². The number of nitrogen functional groups attached to an aromatic ring is 1. The van der Waals surface area contributed by atoms with Gasteiger partial charge in [-0.15, -0.1) is 0 Å². The van der Waals surface area contributed by atoms with Crippen LogP contribution >= 0.6 is 27.5 Å². The third-order valence-electron chi connectivity index (χ3n) is 2.61. The summed E-state index contributed by atoms with van der Waals surface area (Å²) in [5.74, 6) is -0.258. The smallest absolute Gasteiger partial charge is 0.256 e. The van der Waals surface area contributed by atoms with Crippen molar-refractivity contribution in [1.29, 1.82) is 0 Å². The number of halogens is 2. The van der Waals surface area contributed by atoms with Crippen LogP contribution in [-0.2, 0) is 0 Å². The Labute approximate surface area is 124 Å². The summed E-state index contributed by atoms with van der Waals surface area (Å²) in [6.07, 6.45) is 0. The van der Waals surface area contributed by atoms with Gasteiger partial charge in [0.1, 0.15) is 0 Å². The molecule has 0 saturated carbocycles. The van der Waals surface area contributed by atoms with Gasteiger partial charge in [-0.1, -0.05) is 17.7 Å². The van der Waals surface area contributed by atoms with Crippen LogP contribution in [0.4, 0.5) is 11.4 Å². The van der Waals surface area contributed by atoms with Crippen LogP contribution in [0.25, 0.3) is 0 Å². The van der Waals surface area contributed by atoms with Crippen molar-refractivity contribution in [3.05, 3.63) is 57.0 Å². The fourth-order valence-electron chi connectivity index (χ4n) is 1.64. The lowest BCUT2D eigenvalue weighted by Gasteiger charge is -2.10. The van der Waals surface area contributed by atoms with Gasteiger partial charge in [-0.05, 0) is 58.7 Å². The van der Waals surface area contributed by atoms with Crippen LogP contribution in [-0.4, -0.2) is 5.91 Å². The van der Waals surface area contributed by atoms with Gasteiger partial charge in [0.2, 0.25) is 0 Å². The molecule has 0 aliphatic heterocycles. The maximum Gasteiger partial charge on any atom is 0.256 e. The van der Waals surface area contributed by atoms with E-state index in [-0.39, 0.29) is 5.91 Å². The molecule has 0 fully saturated rings. The summed E-state index contributed by atoms with van der Waals surface area (Å²) in [5.41, 5.74) is 8.29. The Morgan fingerprint density at radius 3 is 2.74 bits per heavy atom. The predicted molar refractivity (Wildman–Crippen MR) is 82.7 cm³/mol. The van der Waals surface area contributed by atoms with Crippen LogP contribution < -0.4 is 11.1 Å². The van der Waals surface area contributed by atoms with Gasteiger partial charge in [0.25, 0.3) is 5.91 Å². The Kier molecular flexibility index (Phi) is 4.12.